The number of benzene rings is 1. The van der Waals surface area contributed by atoms with Gasteiger partial charge in [-0.3, -0.25) is 9.59 Å². The molecule has 7 nitrogen and oxygen atoms in total. The molecule has 1 aliphatic rings. The summed E-state index contributed by atoms with van der Waals surface area (Å²) >= 11 is 1.44. The Bertz CT molecular complexity index is 971. The Morgan fingerprint density at radius 1 is 1.17 bits per heavy atom. The van der Waals surface area contributed by atoms with Crippen molar-refractivity contribution in [1.29, 1.82) is 0 Å². The lowest BCUT2D eigenvalue weighted by Crippen LogP contribution is -2.18. The number of fused-ring (bicyclic) bond motifs is 1. The van der Waals surface area contributed by atoms with Crippen LogP contribution in [0, 0.1) is 5.92 Å². The maximum atomic E-state index is 12.5. The summed E-state index contributed by atoms with van der Waals surface area (Å²) in [4.78, 5) is 25.7. The number of anilines is 1. The Morgan fingerprint density at radius 2 is 1.83 bits per heavy atom. The molecule has 1 aromatic heterocycles. The van der Waals surface area contributed by atoms with Gasteiger partial charge in [-0.25, -0.2) is 0 Å². The first-order valence-corrected chi connectivity index (χ1v) is 10.4. The van der Waals surface area contributed by atoms with Crippen molar-refractivity contribution >= 4 is 34.2 Å². The van der Waals surface area contributed by atoms with Gasteiger partial charge in [-0.05, 0) is 54.5 Å². The number of methoxy groups -OCH3 is 3. The molecular formula is C22H26N2O5S. The van der Waals surface area contributed by atoms with E-state index < -0.39 is 5.91 Å². The third-order valence-electron chi connectivity index (χ3n) is 5.11. The summed E-state index contributed by atoms with van der Waals surface area (Å²) in [5.41, 5.74) is 7.73. The van der Waals surface area contributed by atoms with Gasteiger partial charge in [-0.1, -0.05) is 6.92 Å². The van der Waals surface area contributed by atoms with Crippen LogP contribution in [0.25, 0.3) is 6.08 Å². The van der Waals surface area contributed by atoms with Gasteiger partial charge < -0.3 is 25.3 Å². The molecule has 30 heavy (non-hydrogen) atoms. The summed E-state index contributed by atoms with van der Waals surface area (Å²) in [5.74, 6) is 1.16. The molecule has 2 amide bonds. The molecule has 1 heterocycles. The Labute approximate surface area is 179 Å². The van der Waals surface area contributed by atoms with Gasteiger partial charge in [0.2, 0.25) is 11.7 Å². The number of nitrogens with one attached hydrogen (secondary N) is 1. The standard InChI is InChI=1S/C22H26N2O5S/c1-12-5-7-14-17(9-12)30-22(19(14)21(23)26)24-18(25)8-6-13-10-15(27-2)20(29-4)16(11-13)28-3/h6,8,10-12H,5,7,9H2,1-4H3,(H2,23,26)(H,24,25). The number of hydrogen-bond donors (Lipinski definition) is 2. The molecule has 1 aliphatic carbocycles. The van der Waals surface area contributed by atoms with Crippen molar-refractivity contribution in [3.05, 3.63) is 39.8 Å². The van der Waals surface area contributed by atoms with E-state index in [0.29, 0.717) is 39.3 Å². The predicted octanol–water partition coefficient (Wildman–Crippen LogP) is 3.65. The second kappa shape index (κ2) is 9.21. The Hall–Kier alpha value is -3.00. The van der Waals surface area contributed by atoms with Gasteiger partial charge in [0.25, 0.3) is 5.91 Å². The molecule has 3 rings (SSSR count). The smallest absolute Gasteiger partial charge is 0.251 e. The summed E-state index contributed by atoms with van der Waals surface area (Å²) in [5, 5.41) is 3.33. The SMILES string of the molecule is COc1cc(C=CC(=O)Nc2sc3c(c2C(N)=O)CCC(C)C3)cc(OC)c1OC. The average Bonchev–Trinajstić information content (AvgIpc) is 3.08. The number of nitrogens with two attached hydrogens (primary N) is 1. The molecule has 0 saturated carbocycles. The van der Waals surface area contributed by atoms with Gasteiger partial charge in [-0.2, -0.15) is 0 Å². The minimum absolute atomic E-state index is 0.349. The molecule has 0 fully saturated rings. The van der Waals surface area contributed by atoms with Crippen molar-refractivity contribution in [1.82, 2.24) is 0 Å². The lowest BCUT2D eigenvalue weighted by atomic mass is 9.88. The van der Waals surface area contributed by atoms with Crippen LogP contribution in [0.5, 0.6) is 17.2 Å². The Balaban J connectivity index is 1.83. The Morgan fingerprint density at radius 3 is 2.40 bits per heavy atom. The van der Waals surface area contributed by atoms with Crippen molar-refractivity contribution in [3.63, 3.8) is 0 Å². The van der Waals surface area contributed by atoms with Crippen molar-refractivity contribution in [3.8, 4) is 17.2 Å². The van der Waals surface area contributed by atoms with Crippen molar-refractivity contribution in [2.24, 2.45) is 11.7 Å². The van der Waals surface area contributed by atoms with Crippen molar-refractivity contribution in [2.75, 3.05) is 26.6 Å². The first-order chi connectivity index (χ1) is 14.4. The normalized spacial score (nSPS) is 15.5. The van der Waals surface area contributed by atoms with Crippen LogP contribution in [-0.4, -0.2) is 33.1 Å². The first kappa shape index (κ1) is 21.7. The monoisotopic (exact) mass is 430 g/mol. The van der Waals surface area contributed by atoms with E-state index in [2.05, 4.69) is 12.2 Å². The van der Waals surface area contributed by atoms with E-state index in [4.69, 9.17) is 19.9 Å². The third kappa shape index (κ3) is 4.43. The summed E-state index contributed by atoms with van der Waals surface area (Å²) in [6, 6.07) is 3.48. The molecule has 0 bridgehead atoms. The molecule has 0 aliphatic heterocycles. The van der Waals surface area contributed by atoms with Gasteiger partial charge in [0, 0.05) is 11.0 Å². The van der Waals surface area contributed by atoms with E-state index in [0.717, 1.165) is 29.7 Å². The zero-order valence-corrected chi connectivity index (χ0v) is 18.4. The maximum Gasteiger partial charge on any atom is 0.251 e. The molecule has 2 aromatic rings. The summed E-state index contributed by atoms with van der Waals surface area (Å²) in [6.45, 7) is 2.19. The Kier molecular flexibility index (Phi) is 6.66. The van der Waals surface area contributed by atoms with Crippen LogP contribution < -0.4 is 25.3 Å². The molecular weight excluding hydrogens is 404 g/mol. The number of carbonyl (C=O) groups is 2. The summed E-state index contributed by atoms with van der Waals surface area (Å²) in [7, 11) is 4.59. The number of thiophene rings is 1. The summed E-state index contributed by atoms with van der Waals surface area (Å²) in [6.07, 6.45) is 5.75. The minimum Gasteiger partial charge on any atom is -0.493 e. The number of rotatable bonds is 7. The average molecular weight is 431 g/mol. The molecule has 160 valence electrons. The molecule has 1 atom stereocenters. The molecule has 0 radical (unpaired) electrons. The number of amides is 2. The summed E-state index contributed by atoms with van der Waals surface area (Å²) < 4.78 is 16.0. The van der Waals surface area contributed by atoms with Crippen molar-refractivity contribution < 1.29 is 23.8 Å². The quantitative estimate of drug-likeness (QED) is 0.653. The maximum absolute atomic E-state index is 12.5. The predicted molar refractivity (Wildman–Crippen MR) is 118 cm³/mol. The first-order valence-electron chi connectivity index (χ1n) is 9.61. The molecule has 3 N–H and O–H groups in total. The number of carbonyl (C=O) groups excluding carboxylic acids is 2. The lowest BCUT2D eigenvalue weighted by molar-refractivity contribution is -0.111. The third-order valence-corrected chi connectivity index (χ3v) is 6.28. The fourth-order valence-electron chi connectivity index (χ4n) is 3.62. The molecule has 8 heteroatoms. The highest BCUT2D eigenvalue weighted by atomic mass is 32.1. The minimum atomic E-state index is -0.508. The van der Waals surface area contributed by atoms with Crippen LogP contribution in [0.4, 0.5) is 5.00 Å². The molecule has 1 unspecified atom stereocenters. The molecule has 1 aromatic carbocycles. The van der Waals surface area contributed by atoms with Crippen LogP contribution in [0.2, 0.25) is 0 Å². The van der Waals surface area contributed by atoms with Crippen molar-refractivity contribution in [2.45, 2.75) is 26.2 Å². The zero-order valence-electron chi connectivity index (χ0n) is 17.5. The van der Waals surface area contributed by atoms with Gasteiger partial charge in [0.1, 0.15) is 5.00 Å². The van der Waals surface area contributed by atoms with Gasteiger partial charge in [-0.15, -0.1) is 11.3 Å². The number of primary amides is 1. The lowest BCUT2D eigenvalue weighted by Gasteiger charge is -2.18. The van der Waals surface area contributed by atoms with Crippen LogP contribution in [0.15, 0.2) is 18.2 Å². The van der Waals surface area contributed by atoms with Gasteiger partial charge >= 0.3 is 0 Å². The van der Waals surface area contributed by atoms with Crippen LogP contribution >= 0.6 is 11.3 Å². The van der Waals surface area contributed by atoms with E-state index >= 15 is 0 Å². The zero-order chi connectivity index (χ0) is 21.8. The van der Waals surface area contributed by atoms with Gasteiger partial charge in [0.05, 0.1) is 26.9 Å². The number of ether oxygens (including phenoxy) is 3. The molecule has 0 saturated heterocycles. The van der Waals surface area contributed by atoms with E-state index in [1.54, 1.807) is 18.2 Å². The van der Waals surface area contributed by atoms with Gasteiger partial charge in [0.15, 0.2) is 11.5 Å². The van der Waals surface area contributed by atoms with Crippen LogP contribution in [-0.2, 0) is 17.6 Å². The van der Waals surface area contributed by atoms with E-state index in [9.17, 15) is 9.59 Å². The van der Waals surface area contributed by atoms with E-state index in [1.165, 1.54) is 38.7 Å². The topological polar surface area (TPSA) is 99.9 Å². The fraction of sp³-hybridized carbons (Fsp3) is 0.364. The largest absolute Gasteiger partial charge is 0.493 e. The van der Waals surface area contributed by atoms with E-state index in [1.807, 2.05) is 0 Å². The number of hydrogen-bond acceptors (Lipinski definition) is 6. The fourth-order valence-corrected chi connectivity index (χ4v) is 5.04. The second-order valence-corrected chi connectivity index (χ2v) is 8.31. The molecule has 0 spiro atoms. The highest BCUT2D eigenvalue weighted by Crippen LogP contribution is 2.40. The van der Waals surface area contributed by atoms with Crippen LogP contribution in [0.3, 0.4) is 0 Å². The van der Waals surface area contributed by atoms with E-state index in [-0.39, 0.29) is 5.91 Å². The highest BCUT2D eigenvalue weighted by molar-refractivity contribution is 7.17. The second-order valence-electron chi connectivity index (χ2n) is 7.20. The van der Waals surface area contributed by atoms with Crippen LogP contribution in [0.1, 0.15) is 39.7 Å². The highest BCUT2D eigenvalue weighted by Gasteiger charge is 2.27.